The van der Waals surface area contributed by atoms with E-state index in [4.69, 9.17) is 23.3 Å². The minimum absolute atomic E-state index is 0.0120. The van der Waals surface area contributed by atoms with Crippen molar-refractivity contribution in [1.82, 2.24) is 10.6 Å². The van der Waals surface area contributed by atoms with Gasteiger partial charge in [-0.15, -0.1) is 0 Å². The predicted octanol–water partition coefficient (Wildman–Crippen LogP) is 7.71. The van der Waals surface area contributed by atoms with Gasteiger partial charge in [-0.2, -0.15) is 0 Å². The molecule has 0 spiro atoms. The number of ether oxygens (including phenoxy) is 3. The summed E-state index contributed by atoms with van der Waals surface area (Å²) in [6.07, 6.45) is 5.93. The van der Waals surface area contributed by atoms with Gasteiger partial charge in [-0.05, 0) is 88.2 Å². The lowest BCUT2D eigenvalue weighted by Gasteiger charge is -2.41. The van der Waals surface area contributed by atoms with Crippen LogP contribution in [0.5, 0.6) is 5.75 Å². The summed E-state index contributed by atoms with van der Waals surface area (Å²) in [5, 5.41) is 19.1. The van der Waals surface area contributed by atoms with Crippen LogP contribution in [0.1, 0.15) is 109 Å². The number of anilines is 1. The molecule has 0 aromatic heterocycles. The van der Waals surface area contributed by atoms with Gasteiger partial charge in [0.15, 0.2) is 0 Å². The van der Waals surface area contributed by atoms with Gasteiger partial charge in [0.25, 0.3) is 0 Å². The van der Waals surface area contributed by atoms with E-state index in [-0.39, 0.29) is 54.8 Å². The standard InChI is InChI=1S/C27H39N2O4P.C20H29NO6/c1-28-20-21-29-26(30)15-9-4-10-22-32-34(31)33-25-16-18-27(19-17-25,23-11-5-2-6-12-23)24-13-7-3-8-14-24;1-12(2)20(24)25-11-14-5-6-17(21-13(3)4)18(7-14)27-19-9-15(23)8-16(10-22)26-19/h2-3,5-8,11-14,25,28,31H,4,9-10,15-22H2,1H3,(H,29,30);5-7,10,12-13,15-16,19,21,23H,8-9,11H2,1-4H3. The number of hydrogen-bond donors (Lipinski definition) is 5. The quantitative estimate of drug-likeness (QED) is 0.0289. The smallest absolute Gasteiger partial charge is 0.330 e. The molecule has 4 unspecified atom stereocenters. The molecule has 1 saturated heterocycles. The van der Waals surface area contributed by atoms with Crippen LogP contribution in [0, 0.1) is 5.92 Å². The Balaban J connectivity index is 0.000000276. The van der Waals surface area contributed by atoms with Crippen molar-refractivity contribution in [2.45, 2.75) is 135 Å². The highest BCUT2D eigenvalue weighted by Gasteiger charge is 2.39. The van der Waals surface area contributed by atoms with Crippen molar-refractivity contribution in [3.63, 3.8) is 0 Å². The average Bonchev–Trinajstić information content (AvgIpc) is 3.25. The molecule has 0 bridgehead atoms. The molecule has 4 atom stereocenters. The Morgan fingerprint density at radius 3 is 2.20 bits per heavy atom. The number of nitrogens with one attached hydrogen (secondary N) is 3. The molecule has 5 N–H and O–H groups in total. The molecule has 14 heteroatoms. The number of aldehydes is 1. The maximum Gasteiger partial charge on any atom is 0.330 e. The van der Waals surface area contributed by atoms with Crippen molar-refractivity contribution >= 4 is 32.5 Å². The lowest BCUT2D eigenvalue weighted by molar-refractivity contribution is -0.175. The Labute approximate surface area is 363 Å². The van der Waals surface area contributed by atoms with E-state index in [1.165, 1.54) is 11.1 Å². The molecule has 1 heterocycles. The molecule has 336 valence electrons. The SMILES string of the molecule is CC(C)Nc1ccc(COC(=O)C(C)C)cc1OC1CC(O)CC(C=O)O1.CNCCNC(=O)CCCCCOP(O)OC1CCC(c2ccccc2)(c2ccccc2)CC1. The van der Waals surface area contributed by atoms with E-state index in [2.05, 4.69) is 76.6 Å². The first-order valence-electron chi connectivity index (χ1n) is 21.7. The van der Waals surface area contributed by atoms with Crippen LogP contribution in [-0.4, -0.2) is 85.6 Å². The van der Waals surface area contributed by atoms with Crippen molar-refractivity contribution in [3.8, 4) is 5.75 Å². The number of aliphatic hydroxyl groups excluding tert-OH is 1. The Morgan fingerprint density at radius 2 is 1.59 bits per heavy atom. The number of carbonyl (C=O) groups excluding carboxylic acids is 3. The minimum Gasteiger partial charge on any atom is -0.463 e. The summed E-state index contributed by atoms with van der Waals surface area (Å²) >= 11 is 0. The molecule has 1 aliphatic heterocycles. The molecular formula is C47H68N3O10P. The Kier molecular flexibility index (Phi) is 21.6. The number of aliphatic hydroxyl groups is 1. The minimum atomic E-state index is -1.87. The highest BCUT2D eigenvalue weighted by molar-refractivity contribution is 7.40. The number of likely N-dealkylation sites (N-methyl/N-ethyl adjacent to an activating group) is 1. The first kappa shape index (κ1) is 49.7. The largest absolute Gasteiger partial charge is 0.463 e. The summed E-state index contributed by atoms with van der Waals surface area (Å²) in [7, 11) is -0.00853. The van der Waals surface area contributed by atoms with E-state index in [1.807, 2.05) is 33.0 Å². The number of hydrogen-bond acceptors (Lipinski definition) is 12. The Hall–Kier alpha value is -3.94. The van der Waals surface area contributed by atoms with E-state index in [9.17, 15) is 24.4 Å². The van der Waals surface area contributed by atoms with Crippen LogP contribution in [0.4, 0.5) is 5.69 Å². The van der Waals surface area contributed by atoms with Crippen LogP contribution in [0.25, 0.3) is 0 Å². The Bertz CT molecular complexity index is 1680. The normalized spacial score (nSPS) is 19.3. The average molecular weight is 866 g/mol. The van der Waals surface area contributed by atoms with Gasteiger partial charge in [-0.25, -0.2) is 0 Å². The number of unbranched alkanes of at least 4 members (excludes halogenated alkanes) is 2. The van der Waals surface area contributed by atoms with Crippen molar-refractivity contribution < 1.29 is 47.6 Å². The summed E-state index contributed by atoms with van der Waals surface area (Å²) in [5.74, 6) is 0.142. The van der Waals surface area contributed by atoms with Crippen LogP contribution < -0.4 is 20.7 Å². The number of carbonyl (C=O) groups is 3. The van der Waals surface area contributed by atoms with Crippen molar-refractivity contribution in [2.24, 2.45) is 5.92 Å². The number of benzene rings is 3. The fourth-order valence-electron chi connectivity index (χ4n) is 7.43. The maximum atomic E-state index is 11.7. The molecule has 3 aromatic carbocycles. The Morgan fingerprint density at radius 1 is 0.918 bits per heavy atom. The van der Waals surface area contributed by atoms with E-state index < -0.39 is 27.1 Å². The van der Waals surface area contributed by atoms with Crippen LogP contribution >= 0.6 is 8.60 Å². The maximum absolute atomic E-state index is 11.7. The molecule has 1 aliphatic carbocycles. The van der Waals surface area contributed by atoms with Crippen LogP contribution in [0.2, 0.25) is 0 Å². The number of amides is 1. The molecule has 2 fully saturated rings. The highest BCUT2D eigenvalue weighted by Crippen LogP contribution is 2.48. The molecule has 1 saturated carbocycles. The second kappa shape index (κ2) is 26.5. The second-order valence-corrected chi connectivity index (χ2v) is 17.3. The van der Waals surface area contributed by atoms with Gasteiger partial charge in [0.05, 0.1) is 30.4 Å². The lowest BCUT2D eigenvalue weighted by Crippen LogP contribution is -2.39. The third-order valence-corrected chi connectivity index (χ3v) is 11.6. The summed E-state index contributed by atoms with van der Waals surface area (Å²) < 4.78 is 28.2. The third kappa shape index (κ3) is 17.0. The first-order chi connectivity index (χ1) is 29.4. The van der Waals surface area contributed by atoms with Crippen molar-refractivity contribution in [1.29, 1.82) is 0 Å². The zero-order chi connectivity index (χ0) is 44.0. The van der Waals surface area contributed by atoms with Crippen molar-refractivity contribution in [3.05, 3.63) is 95.6 Å². The lowest BCUT2D eigenvalue weighted by atomic mass is 9.65. The summed E-state index contributed by atoms with van der Waals surface area (Å²) in [6, 6.07) is 27.1. The zero-order valence-corrected chi connectivity index (χ0v) is 37.4. The molecular weight excluding hydrogens is 798 g/mol. The molecule has 0 radical (unpaired) electrons. The van der Waals surface area contributed by atoms with Gasteiger partial charge >= 0.3 is 14.6 Å². The van der Waals surface area contributed by atoms with E-state index in [0.29, 0.717) is 31.6 Å². The zero-order valence-electron chi connectivity index (χ0n) is 36.6. The fourth-order valence-corrected chi connectivity index (χ4v) is 8.24. The van der Waals surface area contributed by atoms with Gasteiger partial charge in [0, 0.05) is 43.8 Å². The summed E-state index contributed by atoms with van der Waals surface area (Å²) in [5.41, 5.74) is 4.21. The van der Waals surface area contributed by atoms with E-state index in [1.54, 1.807) is 19.9 Å². The highest BCUT2D eigenvalue weighted by atomic mass is 31.2. The third-order valence-electron chi connectivity index (χ3n) is 10.7. The monoisotopic (exact) mass is 865 g/mol. The van der Waals surface area contributed by atoms with Gasteiger partial charge in [0.1, 0.15) is 24.7 Å². The molecule has 13 nitrogen and oxygen atoms in total. The molecule has 5 rings (SSSR count). The van der Waals surface area contributed by atoms with Gasteiger partial charge in [-0.3, -0.25) is 9.59 Å². The number of rotatable bonds is 22. The van der Waals surface area contributed by atoms with Crippen LogP contribution in [0.15, 0.2) is 78.9 Å². The van der Waals surface area contributed by atoms with Gasteiger partial charge in [-0.1, -0.05) is 87.0 Å². The van der Waals surface area contributed by atoms with Crippen LogP contribution in [-0.2, 0) is 44.9 Å². The summed E-state index contributed by atoms with van der Waals surface area (Å²) in [6.45, 7) is 9.60. The van der Waals surface area contributed by atoms with Gasteiger partial charge in [0.2, 0.25) is 12.2 Å². The first-order valence-corrected chi connectivity index (χ1v) is 22.9. The van der Waals surface area contributed by atoms with Crippen molar-refractivity contribution in [2.75, 3.05) is 32.1 Å². The summed E-state index contributed by atoms with van der Waals surface area (Å²) in [4.78, 5) is 44.7. The second-order valence-electron chi connectivity index (χ2n) is 16.3. The molecule has 2 aliphatic rings. The fraction of sp³-hybridized carbons (Fsp3) is 0.553. The van der Waals surface area contributed by atoms with Gasteiger partial charge < -0.3 is 54.0 Å². The topological polar surface area (TPSA) is 174 Å². The molecule has 1 amide bonds. The van der Waals surface area contributed by atoms with E-state index in [0.717, 1.165) is 62.7 Å². The molecule has 3 aromatic rings. The van der Waals surface area contributed by atoms with E-state index >= 15 is 0 Å². The van der Waals surface area contributed by atoms with Crippen LogP contribution in [0.3, 0.4) is 0 Å². The predicted molar refractivity (Wildman–Crippen MR) is 238 cm³/mol. The molecule has 61 heavy (non-hydrogen) atoms. The number of esters is 1.